The number of carbonyl (C=O) groups is 1. The van der Waals surface area contributed by atoms with Crippen molar-refractivity contribution in [2.24, 2.45) is 0 Å². The lowest BCUT2D eigenvalue weighted by atomic mass is 10.1. The lowest BCUT2D eigenvalue weighted by Gasteiger charge is -2.06. The number of benzene rings is 1. The number of carbonyl (C=O) groups excluding carboxylic acids is 1. The highest BCUT2D eigenvalue weighted by Gasteiger charge is 2.14. The number of aliphatic hydroxyl groups is 1. The predicted octanol–water partition coefficient (Wildman–Crippen LogP) is 2.84. The summed E-state index contributed by atoms with van der Waals surface area (Å²) in [6.45, 7) is 0.180. The van der Waals surface area contributed by atoms with E-state index >= 15 is 0 Å². The summed E-state index contributed by atoms with van der Waals surface area (Å²) < 4.78 is 1.55. The summed E-state index contributed by atoms with van der Waals surface area (Å²) in [5, 5.41) is 17.0. The first-order chi connectivity index (χ1) is 11.7. The summed E-state index contributed by atoms with van der Waals surface area (Å²) in [6.07, 6.45) is 1.55. The van der Waals surface area contributed by atoms with Crippen molar-refractivity contribution in [3.8, 4) is 11.3 Å². The standard InChI is InChI=1S/C17H15ClN4O2/c18-13-6-4-12(5-7-13)15-11-16(22(21-15)9-10-23)20-17(24)14-3-1-2-8-19-14/h1-8,11,23H,9-10H2,(H,20,24). The number of halogens is 1. The number of aromatic nitrogens is 3. The van der Waals surface area contributed by atoms with Crippen LogP contribution in [0, 0.1) is 0 Å². The van der Waals surface area contributed by atoms with Crippen molar-refractivity contribution in [1.29, 1.82) is 0 Å². The average Bonchev–Trinajstić information content (AvgIpc) is 2.99. The van der Waals surface area contributed by atoms with Crippen LogP contribution in [0.5, 0.6) is 0 Å². The Kier molecular flexibility index (Phi) is 4.88. The fraction of sp³-hybridized carbons (Fsp3) is 0.118. The van der Waals surface area contributed by atoms with E-state index in [1.165, 1.54) is 0 Å². The van der Waals surface area contributed by atoms with Crippen LogP contribution in [0.4, 0.5) is 5.82 Å². The highest BCUT2D eigenvalue weighted by Crippen LogP contribution is 2.23. The zero-order chi connectivity index (χ0) is 16.9. The first kappa shape index (κ1) is 16.2. The molecule has 0 aliphatic rings. The molecule has 0 fully saturated rings. The first-order valence-corrected chi connectivity index (χ1v) is 7.72. The normalized spacial score (nSPS) is 10.6. The SMILES string of the molecule is O=C(Nc1cc(-c2ccc(Cl)cc2)nn1CCO)c1ccccn1. The Morgan fingerprint density at radius 2 is 2.00 bits per heavy atom. The zero-order valence-corrected chi connectivity index (χ0v) is 13.4. The minimum absolute atomic E-state index is 0.0891. The van der Waals surface area contributed by atoms with Gasteiger partial charge in [-0.05, 0) is 24.3 Å². The van der Waals surface area contributed by atoms with Gasteiger partial charge < -0.3 is 10.4 Å². The number of rotatable bonds is 5. The number of hydrogen-bond acceptors (Lipinski definition) is 4. The molecule has 3 aromatic rings. The second-order valence-corrected chi connectivity index (χ2v) is 5.47. The van der Waals surface area contributed by atoms with Gasteiger partial charge in [0.15, 0.2) is 0 Å². The lowest BCUT2D eigenvalue weighted by molar-refractivity contribution is 0.102. The number of anilines is 1. The summed E-state index contributed by atoms with van der Waals surface area (Å²) in [5.74, 6) is 0.155. The summed E-state index contributed by atoms with van der Waals surface area (Å²) >= 11 is 5.90. The van der Waals surface area contributed by atoms with E-state index in [9.17, 15) is 9.90 Å². The lowest BCUT2D eigenvalue weighted by Crippen LogP contribution is -2.17. The third kappa shape index (κ3) is 3.61. The molecular formula is C17H15ClN4O2. The van der Waals surface area contributed by atoms with Crippen LogP contribution in [0.3, 0.4) is 0 Å². The Bertz CT molecular complexity index is 832. The van der Waals surface area contributed by atoms with Crippen LogP contribution in [0.1, 0.15) is 10.5 Å². The summed E-state index contributed by atoms with van der Waals surface area (Å²) in [7, 11) is 0. The maximum Gasteiger partial charge on any atom is 0.275 e. The third-order valence-corrected chi connectivity index (χ3v) is 3.62. The largest absolute Gasteiger partial charge is 0.394 e. The molecule has 1 amide bonds. The van der Waals surface area contributed by atoms with Gasteiger partial charge in [-0.25, -0.2) is 4.68 Å². The Balaban J connectivity index is 1.89. The van der Waals surface area contributed by atoms with Crippen LogP contribution in [0.2, 0.25) is 5.02 Å². The van der Waals surface area contributed by atoms with Gasteiger partial charge in [0.25, 0.3) is 5.91 Å². The van der Waals surface area contributed by atoms with Crippen LogP contribution in [-0.4, -0.2) is 32.4 Å². The first-order valence-electron chi connectivity index (χ1n) is 7.34. The maximum absolute atomic E-state index is 12.3. The Morgan fingerprint density at radius 1 is 1.21 bits per heavy atom. The van der Waals surface area contributed by atoms with Crippen molar-refractivity contribution in [3.05, 3.63) is 65.4 Å². The maximum atomic E-state index is 12.3. The van der Waals surface area contributed by atoms with E-state index in [4.69, 9.17) is 11.6 Å². The summed E-state index contributed by atoms with van der Waals surface area (Å²) in [5.41, 5.74) is 1.85. The highest BCUT2D eigenvalue weighted by atomic mass is 35.5. The molecule has 2 N–H and O–H groups in total. The summed E-state index contributed by atoms with van der Waals surface area (Å²) in [6, 6.07) is 14.1. The van der Waals surface area contributed by atoms with E-state index < -0.39 is 0 Å². The molecule has 2 aromatic heterocycles. The molecular weight excluding hydrogens is 328 g/mol. The van der Waals surface area contributed by atoms with Gasteiger partial charge in [0.05, 0.1) is 18.8 Å². The number of aliphatic hydroxyl groups excluding tert-OH is 1. The molecule has 6 nitrogen and oxygen atoms in total. The van der Waals surface area contributed by atoms with Crippen LogP contribution in [0.15, 0.2) is 54.7 Å². The minimum Gasteiger partial charge on any atom is -0.394 e. The van der Waals surface area contributed by atoms with Gasteiger partial charge in [0.2, 0.25) is 0 Å². The fourth-order valence-corrected chi connectivity index (χ4v) is 2.35. The molecule has 0 aliphatic heterocycles. The molecule has 0 bridgehead atoms. The van der Waals surface area contributed by atoms with E-state index in [2.05, 4.69) is 15.4 Å². The average molecular weight is 343 g/mol. The van der Waals surface area contributed by atoms with Crippen molar-refractivity contribution in [3.63, 3.8) is 0 Å². The van der Waals surface area contributed by atoms with Gasteiger partial charge in [-0.1, -0.05) is 29.8 Å². The third-order valence-electron chi connectivity index (χ3n) is 3.37. The van der Waals surface area contributed by atoms with Gasteiger partial charge >= 0.3 is 0 Å². The topological polar surface area (TPSA) is 80.0 Å². The van der Waals surface area contributed by atoms with Crippen LogP contribution in [-0.2, 0) is 6.54 Å². The number of nitrogens with one attached hydrogen (secondary N) is 1. The fourth-order valence-electron chi connectivity index (χ4n) is 2.22. The minimum atomic E-state index is -0.336. The molecule has 1 aromatic carbocycles. The van der Waals surface area contributed by atoms with Crippen LogP contribution >= 0.6 is 11.6 Å². The number of hydrogen-bond donors (Lipinski definition) is 2. The second kappa shape index (κ2) is 7.25. The Labute approximate surface area is 143 Å². The van der Waals surface area contributed by atoms with Gasteiger partial charge in [0, 0.05) is 22.8 Å². The van der Waals surface area contributed by atoms with Crippen molar-refractivity contribution >= 4 is 23.3 Å². The van der Waals surface area contributed by atoms with Crippen LogP contribution < -0.4 is 5.32 Å². The Hall–Kier alpha value is -2.70. The van der Waals surface area contributed by atoms with E-state index in [0.717, 1.165) is 5.56 Å². The van der Waals surface area contributed by atoms with Gasteiger partial charge in [-0.15, -0.1) is 0 Å². The van der Waals surface area contributed by atoms with Gasteiger partial charge in [0.1, 0.15) is 11.5 Å². The molecule has 3 rings (SSSR count). The van der Waals surface area contributed by atoms with Crippen molar-refractivity contribution < 1.29 is 9.90 Å². The molecule has 24 heavy (non-hydrogen) atoms. The van der Waals surface area contributed by atoms with E-state index in [1.54, 1.807) is 47.3 Å². The molecule has 0 saturated heterocycles. The summed E-state index contributed by atoms with van der Waals surface area (Å²) in [4.78, 5) is 16.3. The van der Waals surface area contributed by atoms with Gasteiger partial charge in [-0.2, -0.15) is 5.10 Å². The monoisotopic (exact) mass is 342 g/mol. The number of pyridine rings is 1. The van der Waals surface area contributed by atoms with E-state index in [0.29, 0.717) is 22.2 Å². The Morgan fingerprint density at radius 3 is 2.67 bits per heavy atom. The highest BCUT2D eigenvalue weighted by molar-refractivity contribution is 6.30. The number of nitrogens with zero attached hydrogens (tertiary/aromatic N) is 3. The van der Waals surface area contributed by atoms with Crippen molar-refractivity contribution in [2.75, 3.05) is 11.9 Å². The van der Waals surface area contributed by atoms with Crippen molar-refractivity contribution in [2.45, 2.75) is 6.54 Å². The molecule has 2 heterocycles. The molecule has 0 radical (unpaired) electrons. The van der Waals surface area contributed by atoms with Crippen LogP contribution in [0.25, 0.3) is 11.3 Å². The second-order valence-electron chi connectivity index (χ2n) is 5.04. The number of amides is 1. The molecule has 0 spiro atoms. The van der Waals surface area contributed by atoms with Crippen molar-refractivity contribution in [1.82, 2.24) is 14.8 Å². The van der Waals surface area contributed by atoms with E-state index in [-0.39, 0.29) is 19.1 Å². The molecule has 0 atom stereocenters. The molecule has 0 unspecified atom stereocenters. The predicted molar refractivity (Wildman–Crippen MR) is 91.9 cm³/mol. The van der Waals surface area contributed by atoms with Gasteiger partial charge in [-0.3, -0.25) is 9.78 Å². The zero-order valence-electron chi connectivity index (χ0n) is 12.7. The quantitative estimate of drug-likeness (QED) is 0.747. The molecule has 0 saturated carbocycles. The molecule has 7 heteroatoms. The molecule has 0 aliphatic carbocycles. The van der Waals surface area contributed by atoms with E-state index in [1.807, 2.05) is 12.1 Å². The smallest absolute Gasteiger partial charge is 0.275 e. The molecule has 122 valence electrons.